The number of halogens is 1. The maximum absolute atomic E-state index is 13.6. The van der Waals surface area contributed by atoms with Crippen molar-refractivity contribution >= 4 is 23.2 Å². The molecule has 1 aromatic rings. The maximum Gasteiger partial charge on any atom is 0.312 e. The van der Waals surface area contributed by atoms with Gasteiger partial charge in [-0.15, -0.1) is 0 Å². The highest BCUT2D eigenvalue weighted by atomic mass is 19.1. The lowest BCUT2D eigenvalue weighted by Crippen LogP contribution is -2.38. The summed E-state index contributed by atoms with van der Waals surface area (Å²) >= 11 is 0. The third-order valence-electron chi connectivity index (χ3n) is 5.23. The number of amides is 1. The molecule has 1 aromatic heterocycles. The standard InChI is InChI=1S/C17H24FN5O3/c1-10-2-4-12(5-3-10)20-17(24)13-8-14(23(25)26)15(19)21-16(13)22-7-6-11(18)9-22/h8,10-12H,2-7,9H2,1H3,(H2,19,21)(H,20,24)/t10?,11-,12?/m1/s1. The molecule has 0 bridgehead atoms. The molecule has 0 radical (unpaired) electrons. The Kier molecular flexibility index (Phi) is 5.24. The van der Waals surface area contributed by atoms with E-state index in [1.54, 1.807) is 4.90 Å². The molecule has 1 atom stereocenters. The van der Waals surface area contributed by atoms with Gasteiger partial charge in [-0.3, -0.25) is 14.9 Å². The van der Waals surface area contributed by atoms with Crippen molar-refractivity contribution in [1.29, 1.82) is 0 Å². The van der Waals surface area contributed by atoms with E-state index in [2.05, 4.69) is 17.2 Å². The van der Waals surface area contributed by atoms with Crippen molar-refractivity contribution in [2.45, 2.75) is 51.2 Å². The van der Waals surface area contributed by atoms with Crippen molar-refractivity contribution in [3.05, 3.63) is 21.7 Å². The average Bonchev–Trinajstić information content (AvgIpc) is 3.02. The van der Waals surface area contributed by atoms with Crippen molar-refractivity contribution in [2.75, 3.05) is 23.7 Å². The van der Waals surface area contributed by atoms with Crippen molar-refractivity contribution < 1.29 is 14.1 Å². The van der Waals surface area contributed by atoms with E-state index in [9.17, 15) is 19.3 Å². The number of nitrogens with two attached hydrogens (primary N) is 1. The molecule has 1 aliphatic heterocycles. The largest absolute Gasteiger partial charge is 0.378 e. The van der Waals surface area contributed by atoms with Gasteiger partial charge < -0.3 is 16.0 Å². The zero-order valence-corrected chi connectivity index (χ0v) is 14.8. The predicted molar refractivity (Wildman–Crippen MR) is 95.9 cm³/mol. The van der Waals surface area contributed by atoms with Crippen LogP contribution in [0.25, 0.3) is 0 Å². The minimum absolute atomic E-state index is 0.0376. The van der Waals surface area contributed by atoms with Gasteiger partial charge in [0.2, 0.25) is 5.82 Å². The van der Waals surface area contributed by atoms with Gasteiger partial charge in [0.15, 0.2) is 0 Å². The molecule has 142 valence electrons. The fourth-order valence-electron chi connectivity index (χ4n) is 3.64. The summed E-state index contributed by atoms with van der Waals surface area (Å²) in [5.74, 6) is 0.173. The van der Waals surface area contributed by atoms with E-state index in [0.717, 1.165) is 31.7 Å². The summed E-state index contributed by atoms with van der Waals surface area (Å²) in [5.41, 5.74) is 5.36. The lowest BCUT2D eigenvalue weighted by Gasteiger charge is -2.27. The number of hydrogen-bond acceptors (Lipinski definition) is 6. The van der Waals surface area contributed by atoms with E-state index < -0.39 is 22.7 Å². The van der Waals surface area contributed by atoms with Gasteiger partial charge in [-0.2, -0.15) is 0 Å². The average molecular weight is 365 g/mol. The normalized spacial score (nSPS) is 25.9. The molecule has 3 N–H and O–H groups in total. The van der Waals surface area contributed by atoms with E-state index in [-0.39, 0.29) is 29.8 Å². The highest BCUT2D eigenvalue weighted by Crippen LogP contribution is 2.31. The zero-order valence-electron chi connectivity index (χ0n) is 14.8. The first-order chi connectivity index (χ1) is 12.3. The quantitative estimate of drug-likeness (QED) is 0.625. The molecule has 2 aliphatic rings. The molecule has 1 saturated carbocycles. The molecule has 0 spiro atoms. The number of anilines is 2. The Morgan fingerprint density at radius 1 is 1.38 bits per heavy atom. The summed E-state index contributed by atoms with van der Waals surface area (Å²) in [4.78, 5) is 29.0. The smallest absolute Gasteiger partial charge is 0.312 e. The SMILES string of the molecule is CC1CCC(NC(=O)c2cc([N+](=O)[O-])c(N)nc2N2CC[C@@H](F)C2)CC1. The number of carbonyl (C=O) groups is 1. The van der Waals surface area contributed by atoms with E-state index >= 15 is 0 Å². The fraction of sp³-hybridized carbons (Fsp3) is 0.647. The monoisotopic (exact) mass is 365 g/mol. The van der Waals surface area contributed by atoms with Gasteiger partial charge >= 0.3 is 5.69 Å². The van der Waals surface area contributed by atoms with E-state index in [0.29, 0.717) is 18.9 Å². The highest BCUT2D eigenvalue weighted by Gasteiger charge is 2.31. The second kappa shape index (κ2) is 7.43. The molecule has 1 saturated heterocycles. The van der Waals surface area contributed by atoms with Crippen LogP contribution in [-0.4, -0.2) is 41.1 Å². The van der Waals surface area contributed by atoms with Crippen molar-refractivity contribution in [2.24, 2.45) is 5.92 Å². The summed E-state index contributed by atoms with van der Waals surface area (Å²) in [5, 5.41) is 14.1. The van der Waals surface area contributed by atoms with Crippen LogP contribution in [0.3, 0.4) is 0 Å². The number of nitro groups is 1. The highest BCUT2D eigenvalue weighted by molar-refractivity contribution is 6.00. The van der Waals surface area contributed by atoms with Gasteiger partial charge in [-0.25, -0.2) is 9.37 Å². The number of alkyl halides is 1. The number of nitrogen functional groups attached to an aromatic ring is 1. The lowest BCUT2D eigenvalue weighted by atomic mass is 9.87. The van der Waals surface area contributed by atoms with Crippen LogP contribution in [0.5, 0.6) is 0 Å². The summed E-state index contributed by atoms with van der Waals surface area (Å²) < 4.78 is 13.6. The molecule has 1 aliphatic carbocycles. The van der Waals surface area contributed by atoms with Crippen LogP contribution >= 0.6 is 0 Å². The molecular formula is C17H24FN5O3. The van der Waals surface area contributed by atoms with Gasteiger partial charge in [0.1, 0.15) is 12.0 Å². The molecule has 8 nitrogen and oxygen atoms in total. The predicted octanol–water partition coefficient (Wildman–Crippen LogP) is 2.43. The Bertz CT molecular complexity index is 706. The minimum Gasteiger partial charge on any atom is -0.378 e. The number of rotatable bonds is 4. The van der Waals surface area contributed by atoms with Crippen LogP contribution < -0.4 is 16.0 Å². The molecule has 0 unspecified atom stereocenters. The van der Waals surface area contributed by atoms with Crippen LogP contribution in [-0.2, 0) is 0 Å². The second-order valence-electron chi connectivity index (χ2n) is 7.28. The van der Waals surface area contributed by atoms with Crippen molar-refractivity contribution in [1.82, 2.24) is 10.3 Å². The van der Waals surface area contributed by atoms with Crippen LogP contribution in [0.15, 0.2) is 6.07 Å². The topological polar surface area (TPSA) is 114 Å². The van der Waals surface area contributed by atoms with E-state index in [1.807, 2.05) is 0 Å². The summed E-state index contributed by atoms with van der Waals surface area (Å²) in [6.07, 6.45) is 3.15. The minimum atomic E-state index is -1.01. The molecule has 26 heavy (non-hydrogen) atoms. The summed E-state index contributed by atoms with van der Waals surface area (Å²) in [6, 6.07) is 1.19. The second-order valence-corrected chi connectivity index (χ2v) is 7.28. The molecule has 1 amide bonds. The zero-order chi connectivity index (χ0) is 18.8. The number of hydrogen-bond donors (Lipinski definition) is 2. The van der Waals surface area contributed by atoms with E-state index in [1.165, 1.54) is 0 Å². The van der Waals surface area contributed by atoms with Gasteiger partial charge in [0.25, 0.3) is 5.91 Å². The molecular weight excluding hydrogens is 341 g/mol. The Hall–Kier alpha value is -2.45. The third-order valence-corrected chi connectivity index (χ3v) is 5.23. The number of carbonyl (C=O) groups excluding carboxylic acids is 1. The Labute approximate surface area is 151 Å². The Balaban J connectivity index is 1.88. The maximum atomic E-state index is 13.6. The summed E-state index contributed by atoms with van der Waals surface area (Å²) in [7, 11) is 0. The van der Waals surface area contributed by atoms with Gasteiger partial charge in [-0.05, 0) is 38.0 Å². The number of nitrogens with zero attached hydrogens (tertiary/aromatic N) is 3. The van der Waals surface area contributed by atoms with Crippen LogP contribution in [0.2, 0.25) is 0 Å². The molecule has 9 heteroatoms. The van der Waals surface area contributed by atoms with E-state index in [4.69, 9.17) is 5.73 Å². The van der Waals surface area contributed by atoms with Crippen LogP contribution in [0.4, 0.5) is 21.7 Å². The number of pyridine rings is 1. The van der Waals surface area contributed by atoms with Crippen LogP contribution in [0, 0.1) is 16.0 Å². The van der Waals surface area contributed by atoms with Gasteiger partial charge in [0.05, 0.1) is 17.0 Å². The van der Waals surface area contributed by atoms with Crippen LogP contribution in [0.1, 0.15) is 49.4 Å². The molecule has 2 heterocycles. The number of nitrogens with one attached hydrogen (secondary N) is 1. The molecule has 3 rings (SSSR count). The third kappa shape index (κ3) is 3.86. The first-order valence-corrected chi connectivity index (χ1v) is 9.00. The Morgan fingerprint density at radius 2 is 2.08 bits per heavy atom. The van der Waals surface area contributed by atoms with Crippen molar-refractivity contribution in [3.63, 3.8) is 0 Å². The first kappa shape index (κ1) is 18.3. The molecule has 2 fully saturated rings. The fourth-order valence-corrected chi connectivity index (χ4v) is 3.64. The van der Waals surface area contributed by atoms with Gasteiger partial charge in [-0.1, -0.05) is 6.92 Å². The molecule has 0 aromatic carbocycles. The van der Waals surface area contributed by atoms with Crippen molar-refractivity contribution in [3.8, 4) is 0 Å². The van der Waals surface area contributed by atoms with Gasteiger partial charge in [0, 0.05) is 18.7 Å². The Morgan fingerprint density at radius 3 is 2.65 bits per heavy atom. The summed E-state index contributed by atoms with van der Waals surface area (Å²) in [6.45, 7) is 2.68. The first-order valence-electron chi connectivity index (χ1n) is 9.00. The lowest BCUT2D eigenvalue weighted by molar-refractivity contribution is -0.384. The number of aromatic nitrogens is 1.